The van der Waals surface area contributed by atoms with Gasteiger partial charge in [-0.25, -0.2) is 9.50 Å². The van der Waals surface area contributed by atoms with Crippen molar-refractivity contribution >= 4 is 17.4 Å². The molecule has 2 aromatic heterocycles. The molecule has 7 N–H and O–H groups in total. The Morgan fingerprint density at radius 1 is 1.45 bits per heavy atom. The summed E-state index contributed by atoms with van der Waals surface area (Å²) < 4.78 is 6.77. The molecule has 1 unspecified atom stereocenters. The lowest BCUT2D eigenvalue weighted by Gasteiger charge is -2.23. The fourth-order valence-corrected chi connectivity index (χ4v) is 2.47. The van der Waals surface area contributed by atoms with E-state index in [1.807, 2.05) is 0 Å². The third-order valence-corrected chi connectivity index (χ3v) is 3.65. The predicted molar refractivity (Wildman–Crippen MR) is 74.1 cm³/mol. The molecule has 3 heterocycles. The molecule has 0 bridgehead atoms. The van der Waals surface area contributed by atoms with E-state index in [1.54, 1.807) is 0 Å². The topological polar surface area (TPSA) is 165 Å². The Morgan fingerprint density at radius 3 is 2.77 bits per heavy atom. The summed E-state index contributed by atoms with van der Waals surface area (Å²) in [6.45, 7) is -0.659. The van der Waals surface area contributed by atoms with Crippen molar-refractivity contribution in [2.24, 2.45) is 0 Å². The van der Waals surface area contributed by atoms with Crippen LogP contribution in [-0.2, 0) is 4.74 Å². The number of fused-ring (bicyclic) bond motifs is 1. The zero-order valence-corrected chi connectivity index (χ0v) is 11.3. The normalized spacial score (nSPS) is 31.5. The van der Waals surface area contributed by atoms with Crippen molar-refractivity contribution in [3.05, 3.63) is 11.9 Å². The maximum absolute atomic E-state index is 10.2. The molecule has 1 fully saturated rings. The van der Waals surface area contributed by atoms with Crippen molar-refractivity contribution < 1.29 is 20.1 Å². The highest BCUT2D eigenvalue weighted by atomic mass is 16.6. The molecule has 0 saturated carbocycles. The summed E-state index contributed by atoms with van der Waals surface area (Å²) in [6, 6.07) is 0. The summed E-state index contributed by atoms with van der Waals surface area (Å²) in [5, 5.41) is 33.6. The maximum Gasteiger partial charge on any atom is 0.240 e. The lowest BCUT2D eigenvalue weighted by atomic mass is 9.96. The molecule has 3 rings (SSSR count). The average molecular weight is 306 g/mol. The number of hydrogen-bond acceptors (Lipinski definition) is 9. The van der Waals surface area contributed by atoms with Gasteiger partial charge in [0.05, 0.1) is 18.5 Å². The van der Waals surface area contributed by atoms with Crippen LogP contribution >= 0.6 is 0 Å². The molecule has 4 atom stereocenters. The first kappa shape index (κ1) is 14.5. The number of imidazole rings is 1. The van der Waals surface area contributed by atoms with Crippen LogP contribution in [0.5, 0.6) is 0 Å². The van der Waals surface area contributed by atoms with Crippen LogP contribution in [0.4, 0.5) is 11.8 Å². The molecule has 10 nitrogen and oxygen atoms in total. The Balaban J connectivity index is 2.11. The second kappa shape index (κ2) is 4.79. The highest BCUT2D eigenvalue weighted by Crippen LogP contribution is 2.39. The first-order chi connectivity index (χ1) is 10.4. The van der Waals surface area contributed by atoms with Crippen molar-refractivity contribution in [1.29, 1.82) is 0 Å². The van der Waals surface area contributed by atoms with E-state index in [-0.39, 0.29) is 23.1 Å². The van der Waals surface area contributed by atoms with Gasteiger partial charge in [0.25, 0.3) is 0 Å². The Morgan fingerprint density at radius 2 is 2.18 bits per heavy atom. The van der Waals surface area contributed by atoms with Crippen LogP contribution in [-0.4, -0.2) is 59.3 Å². The molecule has 1 aliphatic heterocycles. The third-order valence-electron chi connectivity index (χ3n) is 3.65. The number of ether oxygens (including phenoxy) is 1. The van der Waals surface area contributed by atoms with Gasteiger partial charge in [0, 0.05) is 0 Å². The zero-order chi connectivity index (χ0) is 16.1. The molecule has 2 aromatic rings. The van der Waals surface area contributed by atoms with E-state index in [9.17, 15) is 15.3 Å². The SMILES string of the molecule is C#C[C@]1(CO)O[C@@H](c2cnc3c(N)nc(N)nn23)[C@@H](O)C1O. The minimum absolute atomic E-state index is 0.0529. The first-order valence-corrected chi connectivity index (χ1v) is 6.32. The second-order valence-corrected chi connectivity index (χ2v) is 4.94. The Hall–Kier alpha value is -2.45. The maximum atomic E-state index is 10.2. The number of terminal acetylenes is 1. The van der Waals surface area contributed by atoms with Gasteiger partial charge in [-0.2, -0.15) is 4.98 Å². The monoisotopic (exact) mass is 306 g/mol. The number of aliphatic hydroxyl groups excluding tert-OH is 3. The quantitative estimate of drug-likeness (QED) is 0.375. The van der Waals surface area contributed by atoms with Gasteiger partial charge in [-0.15, -0.1) is 11.5 Å². The molecule has 116 valence electrons. The minimum Gasteiger partial charge on any atom is -0.392 e. The molecular formula is C12H14N6O4. The van der Waals surface area contributed by atoms with E-state index in [0.717, 1.165) is 0 Å². The van der Waals surface area contributed by atoms with Gasteiger partial charge in [0.2, 0.25) is 5.95 Å². The van der Waals surface area contributed by atoms with Gasteiger partial charge in [0.1, 0.15) is 18.3 Å². The number of nitrogens with zero attached hydrogens (tertiary/aromatic N) is 4. The van der Waals surface area contributed by atoms with Crippen LogP contribution in [0.3, 0.4) is 0 Å². The molecule has 0 amide bonds. The van der Waals surface area contributed by atoms with E-state index < -0.39 is 30.5 Å². The van der Waals surface area contributed by atoms with E-state index in [0.29, 0.717) is 0 Å². The lowest BCUT2D eigenvalue weighted by Crippen LogP contribution is -2.44. The number of nitrogens with two attached hydrogens (primary N) is 2. The molecule has 0 aromatic carbocycles. The fraction of sp³-hybridized carbons (Fsp3) is 0.417. The van der Waals surface area contributed by atoms with Gasteiger partial charge in [0.15, 0.2) is 17.1 Å². The van der Waals surface area contributed by atoms with Crippen LogP contribution in [0.2, 0.25) is 0 Å². The number of aromatic nitrogens is 4. The van der Waals surface area contributed by atoms with Crippen LogP contribution in [0.25, 0.3) is 5.65 Å². The molecule has 22 heavy (non-hydrogen) atoms. The van der Waals surface area contributed by atoms with Crippen LogP contribution in [0, 0.1) is 12.3 Å². The summed E-state index contributed by atoms with van der Waals surface area (Å²) in [5.74, 6) is 2.13. The Labute approximate surface area is 124 Å². The van der Waals surface area contributed by atoms with Gasteiger partial charge < -0.3 is 31.5 Å². The molecule has 0 spiro atoms. The highest BCUT2D eigenvalue weighted by molar-refractivity contribution is 5.60. The average Bonchev–Trinajstić information content (AvgIpc) is 3.01. The van der Waals surface area contributed by atoms with E-state index in [4.69, 9.17) is 22.6 Å². The van der Waals surface area contributed by atoms with Gasteiger partial charge in [-0.05, 0) is 0 Å². The lowest BCUT2D eigenvalue weighted by molar-refractivity contribution is -0.0732. The van der Waals surface area contributed by atoms with Crippen molar-refractivity contribution in [3.8, 4) is 12.3 Å². The highest BCUT2D eigenvalue weighted by Gasteiger charge is 2.54. The summed E-state index contributed by atoms with van der Waals surface area (Å²) in [7, 11) is 0. The predicted octanol–water partition coefficient (Wildman–Crippen LogP) is -2.55. The number of rotatable bonds is 2. The van der Waals surface area contributed by atoms with E-state index >= 15 is 0 Å². The molecular weight excluding hydrogens is 292 g/mol. The number of nitrogen functional groups attached to an aromatic ring is 2. The summed E-state index contributed by atoms with van der Waals surface area (Å²) in [5.41, 5.74) is 10.0. The molecule has 1 aliphatic rings. The van der Waals surface area contributed by atoms with E-state index in [1.165, 1.54) is 10.7 Å². The molecule has 0 radical (unpaired) electrons. The molecule has 0 aliphatic carbocycles. The smallest absolute Gasteiger partial charge is 0.240 e. The zero-order valence-electron chi connectivity index (χ0n) is 11.3. The van der Waals surface area contributed by atoms with Crippen molar-refractivity contribution in [2.75, 3.05) is 18.1 Å². The third kappa shape index (κ3) is 1.81. The van der Waals surface area contributed by atoms with Crippen molar-refractivity contribution in [1.82, 2.24) is 19.6 Å². The van der Waals surface area contributed by atoms with Crippen LogP contribution < -0.4 is 11.5 Å². The number of anilines is 2. The van der Waals surface area contributed by atoms with Crippen LogP contribution in [0.1, 0.15) is 11.8 Å². The second-order valence-electron chi connectivity index (χ2n) is 4.94. The summed E-state index contributed by atoms with van der Waals surface area (Å²) in [6.07, 6.45) is 2.73. The summed E-state index contributed by atoms with van der Waals surface area (Å²) in [4.78, 5) is 7.81. The van der Waals surface area contributed by atoms with Crippen molar-refractivity contribution in [3.63, 3.8) is 0 Å². The number of aliphatic hydroxyl groups is 3. The van der Waals surface area contributed by atoms with Gasteiger partial charge in [-0.1, -0.05) is 5.92 Å². The largest absolute Gasteiger partial charge is 0.392 e. The minimum atomic E-state index is -1.71. The standard InChI is InChI=1S/C12H14N6O4/c1-2-12(4-19)8(21)6(20)7(22-12)5-3-15-10-9(13)16-11(14)17-18(5)10/h1,3,6-8,19-21H,4H2,(H4,13,14,16,17)/t6-,7+,8?,12-/m1/s1. The van der Waals surface area contributed by atoms with Crippen molar-refractivity contribution in [2.45, 2.75) is 23.9 Å². The Bertz CT molecular complexity index is 771. The fourth-order valence-electron chi connectivity index (χ4n) is 2.47. The summed E-state index contributed by atoms with van der Waals surface area (Å²) >= 11 is 0. The van der Waals surface area contributed by atoms with Crippen LogP contribution in [0.15, 0.2) is 6.20 Å². The Kier molecular flexibility index (Phi) is 3.15. The van der Waals surface area contributed by atoms with E-state index in [2.05, 4.69) is 21.0 Å². The first-order valence-electron chi connectivity index (χ1n) is 6.32. The molecule has 1 saturated heterocycles. The molecule has 10 heteroatoms. The number of hydrogen-bond donors (Lipinski definition) is 5. The van der Waals surface area contributed by atoms with Gasteiger partial charge >= 0.3 is 0 Å². The van der Waals surface area contributed by atoms with Gasteiger partial charge in [-0.3, -0.25) is 0 Å².